The molecule has 0 radical (unpaired) electrons. The number of fused-ring (bicyclic) bond motifs is 3. The van der Waals surface area contributed by atoms with E-state index in [0.29, 0.717) is 22.6 Å². The summed E-state index contributed by atoms with van der Waals surface area (Å²) in [4.78, 5) is 28.2. The second kappa shape index (κ2) is 8.67. The number of carbonyl (C=O) groups is 1. The summed E-state index contributed by atoms with van der Waals surface area (Å²) >= 11 is 0. The molecule has 4 unspecified atom stereocenters. The molecule has 1 fully saturated rings. The SMILES string of the molecule is COc1ccc(C2C(C(=O)c3ccccc3)N3c4ccccc4C=CC3C2[N+](=O)[O-])cc1OC. The molecule has 0 saturated carbocycles. The lowest BCUT2D eigenvalue weighted by atomic mass is 9.83. The Morgan fingerprint density at radius 3 is 2.35 bits per heavy atom. The number of nitrogens with zero attached hydrogens (tertiary/aromatic N) is 2. The molecule has 0 amide bonds. The minimum Gasteiger partial charge on any atom is -0.493 e. The number of methoxy groups -OCH3 is 2. The molecule has 7 heteroatoms. The molecule has 3 aromatic carbocycles. The Hall–Kier alpha value is -4.13. The zero-order valence-electron chi connectivity index (χ0n) is 18.8. The first-order valence-electron chi connectivity index (χ1n) is 11.1. The average molecular weight is 456 g/mol. The number of carbonyl (C=O) groups excluding carboxylic acids is 1. The van der Waals surface area contributed by atoms with E-state index in [9.17, 15) is 14.9 Å². The number of Topliss-reactive ketones (excluding diaryl/α,β-unsaturated/α-hetero) is 1. The molecule has 3 aromatic rings. The summed E-state index contributed by atoms with van der Waals surface area (Å²) < 4.78 is 10.8. The van der Waals surface area contributed by atoms with Crippen LogP contribution in [0.4, 0.5) is 5.69 Å². The summed E-state index contributed by atoms with van der Waals surface area (Å²) in [7, 11) is 3.06. The summed E-state index contributed by atoms with van der Waals surface area (Å²) in [6, 6.07) is 19.6. The van der Waals surface area contributed by atoms with Gasteiger partial charge in [-0.1, -0.05) is 66.7 Å². The Morgan fingerprint density at radius 2 is 1.65 bits per heavy atom. The molecule has 2 heterocycles. The van der Waals surface area contributed by atoms with Crippen molar-refractivity contribution in [3.63, 3.8) is 0 Å². The minimum absolute atomic E-state index is 0.153. The van der Waals surface area contributed by atoms with Gasteiger partial charge in [-0.05, 0) is 29.3 Å². The van der Waals surface area contributed by atoms with Crippen LogP contribution in [0.3, 0.4) is 0 Å². The van der Waals surface area contributed by atoms with Gasteiger partial charge in [-0.3, -0.25) is 14.9 Å². The lowest BCUT2D eigenvalue weighted by Crippen LogP contribution is -2.44. The van der Waals surface area contributed by atoms with E-state index >= 15 is 0 Å². The number of ketones is 1. The average Bonchev–Trinajstić information content (AvgIpc) is 3.24. The molecule has 0 aromatic heterocycles. The van der Waals surface area contributed by atoms with Gasteiger partial charge in [0, 0.05) is 16.2 Å². The normalized spacial score (nSPS) is 22.6. The predicted molar refractivity (Wildman–Crippen MR) is 129 cm³/mol. The van der Waals surface area contributed by atoms with Crippen LogP contribution < -0.4 is 14.4 Å². The molecule has 4 atom stereocenters. The molecule has 2 aliphatic rings. The summed E-state index contributed by atoms with van der Waals surface area (Å²) in [5.41, 5.74) is 2.93. The maximum Gasteiger partial charge on any atom is 0.245 e. The monoisotopic (exact) mass is 456 g/mol. The van der Waals surface area contributed by atoms with Crippen molar-refractivity contribution in [1.29, 1.82) is 0 Å². The van der Waals surface area contributed by atoms with Crippen LogP contribution in [-0.4, -0.2) is 43.1 Å². The van der Waals surface area contributed by atoms with E-state index in [1.165, 1.54) is 14.2 Å². The van der Waals surface area contributed by atoms with E-state index in [4.69, 9.17) is 9.47 Å². The number of ether oxygens (including phenoxy) is 2. The van der Waals surface area contributed by atoms with Crippen molar-refractivity contribution < 1.29 is 19.2 Å². The lowest BCUT2D eigenvalue weighted by Gasteiger charge is -2.34. The van der Waals surface area contributed by atoms with Crippen LogP contribution in [0, 0.1) is 10.1 Å². The van der Waals surface area contributed by atoms with Gasteiger partial charge in [0.15, 0.2) is 17.3 Å². The van der Waals surface area contributed by atoms with Crippen molar-refractivity contribution in [3.05, 3.63) is 106 Å². The fourth-order valence-electron chi connectivity index (χ4n) is 5.26. The molecule has 172 valence electrons. The maximum atomic E-state index is 14.0. The van der Waals surface area contributed by atoms with Gasteiger partial charge in [0.1, 0.15) is 12.1 Å². The summed E-state index contributed by atoms with van der Waals surface area (Å²) in [6.45, 7) is 0. The zero-order valence-corrected chi connectivity index (χ0v) is 18.8. The summed E-state index contributed by atoms with van der Waals surface area (Å²) in [6.07, 6.45) is 3.76. The van der Waals surface area contributed by atoms with Crippen molar-refractivity contribution in [3.8, 4) is 11.5 Å². The fourth-order valence-corrected chi connectivity index (χ4v) is 5.26. The number of nitro groups is 1. The Balaban J connectivity index is 1.73. The van der Waals surface area contributed by atoms with Crippen LogP contribution in [0.25, 0.3) is 6.08 Å². The predicted octanol–water partition coefficient (Wildman–Crippen LogP) is 4.60. The molecule has 2 aliphatic heterocycles. The second-order valence-corrected chi connectivity index (χ2v) is 8.41. The number of hydrogen-bond donors (Lipinski definition) is 0. The van der Waals surface area contributed by atoms with Gasteiger partial charge >= 0.3 is 0 Å². The number of hydrogen-bond acceptors (Lipinski definition) is 6. The number of benzene rings is 3. The van der Waals surface area contributed by atoms with Crippen molar-refractivity contribution >= 4 is 17.5 Å². The lowest BCUT2D eigenvalue weighted by molar-refractivity contribution is -0.524. The first-order chi connectivity index (χ1) is 16.5. The number of para-hydroxylation sites is 1. The Kier molecular flexibility index (Phi) is 5.53. The highest BCUT2D eigenvalue weighted by Gasteiger charge is 2.59. The van der Waals surface area contributed by atoms with Gasteiger partial charge in [-0.25, -0.2) is 0 Å². The molecular weight excluding hydrogens is 432 g/mol. The molecule has 1 saturated heterocycles. The molecule has 7 nitrogen and oxygen atoms in total. The van der Waals surface area contributed by atoms with Gasteiger partial charge in [0.25, 0.3) is 0 Å². The Morgan fingerprint density at radius 1 is 0.941 bits per heavy atom. The van der Waals surface area contributed by atoms with E-state index < -0.39 is 24.0 Å². The summed E-state index contributed by atoms with van der Waals surface area (Å²) in [5.74, 6) is 0.132. The highest BCUT2D eigenvalue weighted by atomic mass is 16.6. The number of anilines is 1. The van der Waals surface area contributed by atoms with Crippen molar-refractivity contribution in [2.45, 2.75) is 24.0 Å². The Labute approximate surface area is 197 Å². The Bertz CT molecular complexity index is 1270. The van der Waals surface area contributed by atoms with Gasteiger partial charge < -0.3 is 14.4 Å². The van der Waals surface area contributed by atoms with Gasteiger partial charge in [0.05, 0.1) is 20.1 Å². The molecular formula is C27H24N2O5. The topological polar surface area (TPSA) is 81.9 Å². The van der Waals surface area contributed by atoms with Crippen LogP contribution in [0.2, 0.25) is 0 Å². The van der Waals surface area contributed by atoms with E-state index in [-0.39, 0.29) is 10.7 Å². The molecule has 0 bridgehead atoms. The highest BCUT2D eigenvalue weighted by molar-refractivity contribution is 6.04. The van der Waals surface area contributed by atoms with Crippen molar-refractivity contribution in [2.24, 2.45) is 0 Å². The van der Waals surface area contributed by atoms with Crippen LogP contribution >= 0.6 is 0 Å². The largest absolute Gasteiger partial charge is 0.493 e. The van der Waals surface area contributed by atoms with Crippen LogP contribution in [0.5, 0.6) is 11.5 Å². The molecule has 0 N–H and O–H groups in total. The van der Waals surface area contributed by atoms with E-state index in [0.717, 1.165) is 11.3 Å². The zero-order chi connectivity index (χ0) is 23.8. The molecule has 0 spiro atoms. The van der Waals surface area contributed by atoms with Crippen LogP contribution in [-0.2, 0) is 0 Å². The van der Waals surface area contributed by atoms with Gasteiger partial charge in [-0.2, -0.15) is 0 Å². The second-order valence-electron chi connectivity index (χ2n) is 8.41. The third kappa shape index (κ3) is 3.41. The van der Waals surface area contributed by atoms with Gasteiger partial charge in [0.2, 0.25) is 6.04 Å². The van der Waals surface area contributed by atoms with E-state index in [1.54, 1.807) is 42.5 Å². The minimum atomic E-state index is -1.03. The third-order valence-corrected chi connectivity index (χ3v) is 6.73. The summed E-state index contributed by atoms with van der Waals surface area (Å²) in [5, 5.41) is 12.5. The van der Waals surface area contributed by atoms with Crippen molar-refractivity contribution in [1.82, 2.24) is 0 Å². The quantitative estimate of drug-likeness (QED) is 0.306. The smallest absolute Gasteiger partial charge is 0.245 e. The third-order valence-electron chi connectivity index (χ3n) is 6.73. The van der Waals surface area contributed by atoms with E-state index in [1.807, 2.05) is 47.4 Å². The molecule has 5 rings (SSSR count). The van der Waals surface area contributed by atoms with Crippen molar-refractivity contribution in [2.75, 3.05) is 19.1 Å². The first-order valence-corrected chi connectivity index (χ1v) is 11.1. The first kappa shape index (κ1) is 21.7. The van der Waals surface area contributed by atoms with Crippen LogP contribution in [0.1, 0.15) is 27.4 Å². The standard InChI is InChI=1S/C27H24N2O5/c1-33-22-15-13-19(16-23(22)34-2)24-25(29(31)32)21-14-12-17-8-6-7-11-20(17)28(21)26(24)27(30)18-9-4-3-5-10-18/h3-16,21,24-26H,1-2H3. The van der Waals surface area contributed by atoms with E-state index in [2.05, 4.69) is 0 Å². The fraction of sp³-hybridized carbons (Fsp3) is 0.222. The number of rotatable bonds is 6. The molecule has 0 aliphatic carbocycles. The van der Waals surface area contributed by atoms with Crippen LogP contribution in [0.15, 0.2) is 78.9 Å². The molecule has 34 heavy (non-hydrogen) atoms. The maximum absolute atomic E-state index is 14.0. The van der Waals surface area contributed by atoms with Gasteiger partial charge in [-0.15, -0.1) is 0 Å². The highest BCUT2D eigenvalue weighted by Crippen LogP contribution is 2.48.